The number of amides is 1. The molecule has 1 amide bonds. The van der Waals surface area contributed by atoms with E-state index in [1.807, 2.05) is 0 Å². The van der Waals surface area contributed by atoms with Gasteiger partial charge < -0.3 is 15.0 Å². The minimum absolute atomic E-state index is 0.00673. The molecular weight excluding hydrogens is 434 g/mol. The first kappa shape index (κ1) is 19.7. The van der Waals surface area contributed by atoms with Gasteiger partial charge in [0.05, 0.1) is 10.6 Å². The van der Waals surface area contributed by atoms with Crippen molar-refractivity contribution in [1.29, 1.82) is 0 Å². The Morgan fingerprint density at radius 2 is 1.96 bits per heavy atom. The zero-order chi connectivity index (χ0) is 20.1. The third-order valence-corrected chi connectivity index (χ3v) is 4.72. The van der Waals surface area contributed by atoms with Crippen molar-refractivity contribution in [2.45, 2.75) is 12.8 Å². The van der Waals surface area contributed by atoms with Gasteiger partial charge in [0.25, 0.3) is 11.6 Å². The van der Waals surface area contributed by atoms with Gasteiger partial charge in [-0.1, -0.05) is 0 Å². The third-order valence-electron chi connectivity index (χ3n) is 4.06. The molecule has 0 radical (unpaired) electrons. The summed E-state index contributed by atoms with van der Waals surface area (Å²) in [5.74, 6) is -0.655. The second-order valence-corrected chi connectivity index (χ2v) is 6.87. The number of aromatic nitrogens is 2. The SMILES string of the molecule is O=C(COC(=O)c1ccc(N2CCCC2)nn1)Nc1ccc([N+](=O)[O-])cc1Br. The molecule has 1 aliphatic heterocycles. The molecular formula is C17H16BrN5O5. The van der Waals surface area contributed by atoms with Crippen LogP contribution in [0.25, 0.3) is 0 Å². The number of esters is 1. The molecule has 146 valence electrons. The molecule has 2 aromatic rings. The Bertz CT molecular complexity index is 899. The highest BCUT2D eigenvalue weighted by molar-refractivity contribution is 9.10. The van der Waals surface area contributed by atoms with E-state index in [0.717, 1.165) is 25.9 Å². The molecule has 1 aliphatic rings. The van der Waals surface area contributed by atoms with Gasteiger partial charge in [-0.2, -0.15) is 0 Å². The normalized spacial score (nSPS) is 13.2. The summed E-state index contributed by atoms with van der Waals surface area (Å²) in [6.45, 7) is 1.30. The summed E-state index contributed by atoms with van der Waals surface area (Å²) in [6.07, 6.45) is 2.21. The molecule has 1 saturated heterocycles. The van der Waals surface area contributed by atoms with Crippen molar-refractivity contribution >= 4 is 45.0 Å². The molecule has 2 heterocycles. The first-order valence-electron chi connectivity index (χ1n) is 8.43. The maximum Gasteiger partial charge on any atom is 0.359 e. The van der Waals surface area contributed by atoms with Gasteiger partial charge >= 0.3 is 5.97 Å². The Morgan fingerprint density at radius 1 is 1.21 bits per heavy atom. The van der Waals surface area contributed by atoms with Gasteiger partial charge in [0.15, 0.2) is 18.1 Å². The predicted octanol–water partition coefficient (Wildman–Crippen LogP) is 2.54. The lowest BCUT2D eigenvalue weighted by Crippen LogP contribution is -2.22. The average Bonchev–Trinajstić information content (AvgIpc) is 3.22. The summed E-state index contributed by atoms with van der Waals surface area (Å²) in [5, 5.41) is 21.1. The van der Waals surface area contributed by atoms with Gasteiger partial charge in [0.2, 0.25) is 0 Å². The number of hydrogen-bond donors (Lipinski definition) is 1. The number of non-ortho nitro benzene ring substituents is 1. The first-order valence-corrected chi connectivity index (χ1v) is 9.23. The van der Waals surface area contributed by atoms with Crippen molar-refractivity contribution < 1.29 is 19.2 Å². The summed E-state index contributed by atoms with van der Waals surface area (Å²) in [5.41, 5.74) is 0.209. The van der Waals surface area contributed by atoms with E-state index in [0.29, 0.717) is 16.0 Å². The van der Waals surface area contributed by atoms with Crippen LogP contribution >= 0.6 is 15.9 Å². The standard InChI is InChI=1S/C17H16BrN5O5/c18-12-9-11(23(26)27)3-4-13(12)19-16(24)10-28-17(25)14-5-6-15(21-20-14)22-7-1-2-8-22/h3-6,9H,1-2,7-8,10H2,(H,19,24). The van der Waals surface area contributed by atoms with Crippen molar-refractivity contribution in [2.75, 3.05) is 29.9 Å². The van der Waals surface area contributed by atoms with E-state index < -0.39 is 23.4 Å². The van der Waals surface area contributed by atoms with Gasteiger partial charge in [-0.3, -0.25) is 14.9 Å². The second kappa shape index (κ2) is 8.74. The van der Waals surface area contributed by atoms with Crippen molar-refractivity contribution in [3.8, 4) is 0 Å². The zero-order valence-electron chi connectivity index (χ0n) is 14.6. The average molecular weight is 450 g/mol. The summed E-state index contributed by atoms with van der Waals surface area (Å²) in [6, 6.07) is 7.10. The maximum absolute atomic E-state index is 12.0. The lowest BCUT2D eigenvalue weighted by atomic mass is 10.3. The van der Waals surface area contributed by atoms with Crippen LogP contribution in [0.1, 0.15) is 23.3 Å². The second-order valence-electron chi connectivity index (χ2n) is 6.02. The van der Waals surface area contributed by atoms with Gasteiger partial charge in [-0.05, 0) is 47.0 Å². The Hall–Kier alpha value is -3.08. The summed E-state index contributed by atoms with van der Waals surface area (Å²) in [7, 11) is 0. The number of nitro groups is 1. The van der Waals surface area contributed by atoms with Gasteiger partial charge in [-0.25, -0.2) is 4.79 Å². The van der Waals surface area contributed by atoms with Crippen LogP contribution in [0.4, 0.5) is 17.2 Å². The smallest absolute Gasteiger partial charge is 0.359 e. The number of carbonyl (C=O) groups excluding carboxylic acids is 2. The van der Waals surface area contributed by atoms with Crippen LogP contribution < -0.4 is 10.2 Å². The van der Waals surface area contributed by atoms with E-state index in [4.69, 9.17) is 4.74 Å². The summed E-state index contributed by atoms with van der Waals surface area (Å²) in [4.78, 5) is 36.2. The monoisotopic (exact) mass is 449 g/mol. The predicted molar refractivity (Wildman–Crippen MR) is 103 cm³/mol. The van der Waals surface area contributed by atoms with E-state index in [2.05, 4.69) is 36.3 Å². The van der Waals surface area contributed by atoms with Crippen molar-refractivity contribution in [2.24, 2.45) is 0 Å². The molecule has 0 saturated carbocycles. The number of nitrogens with one attached hydrogen (secondary N) is 1. The Labute approximate surface area is 168 Å². The fourth-order valence-electron chi connectivity index (χ4n) is 2.66. The topological polar surface area (TPSA) is 128 Å². The molecule has 1 fully saturated rings. The molecule has 3 rings (SSSR count). The quantitative estimate of drug-likeness (QED) is 0.404. The van der Waals surface area contributed by atoms with Crippen LogP contribution in [0.5, 0.6) is 0 Å². The molecule has 0 atom stereocenters. The highest BCUT2D eigenvalue weighted by Crippen LogP contribution is 2.27. The Kier molecular flexibility index (Phi) is 6.14. The largest absolute Gasteiger partial charge is 0.451 e. The van der Waals surface area contributed by atoms with E-state index in [9.17, 15) is 19.7 Å². The van der Waals surface area contributed by atoms with E-state index in [1.165, 1.54) is 24.3 Å². The van der Waals surface area contributed by atoms with E-state index in [-0.39, 0.29) is 11.4 Å². The highest BCUT2D eigenvalue weighted by atomic mass is 79.9. The lowest BCUT2D eigenvalue weighted by Gasteiger charge is -2.15. The number of nitrogens with zero attached hydrogens (tertiary/aromatic N) is 4. The molecule has 0 unspecified atom stereocenters. The van der Waals surface area contributed by atoms with Gasteiger partial charge in [0, 0.05) is 29.7 Å². The first-order chi connectivity index (χ1) is 13.4. The number of carbonyl (C=O) groups is 2. The molecule has 28 heavy (non-hydrogen) atoms. The van der Waals surface area contributed by atoms with Crippen LogP contribution in [0.15, 0.2) is 34.8 Å². The summed E-state index contributed by atoms with van der Waals surface area (Å²) < 4.78 is 5.28. The Morgan fingerprint density at radius 3 is 2.57 bits per heavy atom. The van der Waals surface area contributed by atoms with Crippen LogP contribution in [0.3, 0.4) is 0 Å². The number of ether oxygens (including phenoxy) is 1. The van der Waals surface area contributed by atoms with Gasteiger partial charge in [-0.15, -0.1) is 10.2 Å². The van der Waals surface area contributed by atoms with Crippen molar-refractivity contribution in [1.82, 2.24) is 10.2 Å². The number of anilines is 2. The third kappa shape index (κ3) is 4.80. The van der Waals surface area contributed by atoms with Crippen LogP contribution in [-0.4, -0.2) is 46.7 Å². The minimum atomic E-state index is -0.765. The number of rotatable bonds is 6. The number of hydrogen-bond acceptors (Lipinski definition) is 8. The van der Waals surface area contributed by atoms with E-state index in [1.54, 1.807) is 6.07 Å². The van der Waals surface area contributed by atoms with Gasteiger partial charge in [0.1, 0.15) is 0 Å². The fourth-order valence-corrected chi connectivity index (χ4v) is 3.13. The fraction of sp³-hybridized carbons (Fsp3) is 0.294. The molecule has 1 N–H and O–H groups in total. The molecule has 11 heteroatoms. The Balaban J connectivity index is 1.52. The highest BCUT2D eigenvalue weighted by Gasteiger charge is 2.17. The maximum atomic E-state index is 12.0. The minimum Gasteiger partial charge on any atom is -0.451 e. The molecule has 10 nitrogen and oxygen atoms in total. The number of nitro benzene ring substituents is 1. The molecule has 0 aliphatic carbocycles. The summed E-state index contributed by atoms with van der Waals surface area (Å²) >= 11 is 3.15. The van der Waals surface area contributed by atoms with Crippen molar-refractivity contribution in [3.05, 3.63) is 50.6 Å². The molecule has 1 aromatic carbocycles. The molecule has 0 spiro atoms. The van der Waals surface area contributed by atoms with Crippen LogP contribution in [0.2, 0.25) is 0 Å². The lowest BCUT2D eigenvalue weighted by molar-refractivity contribution is -0.384. The zero-order valence-corrected chi connectivity index (χ0v) is 16.2. The van der Waals surface area contributed by atoms with Crippen LogP contribution in [-0.2, 0) is 9.53 Å². The number of benzene rings is 1. The van der Waals surface area contributed by atoms with Crippen LogP contribution in [0, 0.1) is 10.1 Å². The van der Waals surface area contributed by atoms with Crippen molar-refractivity contribution in [3.63, 3.8) is 0 Å². The van der Waals surface area contributed by atoms with E-state index >= 15 is 0 Å². The number of halogens is 1. The molecule has 0 bridgehead atoms. The molecule has 1 aromatic heterocycles.